The van der Waals surface area contributed by atoms with E-state index < -0.39 is 6.10 Å². The highest BCUT2D eigenvalue weighted by atomic mass is 16.6. The third-order valence-corrected chi connectivity index (χ3v) is 4.30. The second-order valence-electron chi connectivity index (χ2n) is 5.97. The molecule has 2 aromatic rings. The Hall–Kier alpha value is -3.22. The summed E-state index contributed by atoms with van der Waals surface area (Å²) in [7, 11) is 4.77. The van der Waals surface area contributed by atoms with Gasteiger partial charge in [0.05, 0.1) is 27.0 Å². The molecule has 0 spiro atoms. The van der Waals surface area contributed by atoms with E-state index in [1.54, 1.807) is 27.4 Å². The number of methoxy groups -OCH3 is 3. The number of oxime groups is 1. The van der Waals surface area contributed by atoms with Crippen LogP contribution in [0.25, 0.3) is 0 Å². The van der Waals surface area contributed by atoms with Gasteiger partial charge in [0, 0.05) is 18.5 Å². The van der Waals surface area contributed by atoms with Crippen molar-refractivity contribution in [2.24, 2.45) is 5.16 Å². The van der Waals surface area contributed by atoms with Crippen molar-refractivity contribution in [3.63, 3.8) is 0 Å². The van der Waals surface area contributed by atoms with Crippen molar-refractivity contribution in [1.29, 1.82) is 0 Å². The molecule has 27 heavy (non-hydrogen) atoms. The number of carbonyl (C=O) groups is 1. The van der Waals surface area contributed by atoms with Gasteiger partial charge in [0.1, 0.15) is 5.75 Å². The Bertz CT molecular complexity index is 833. The fourth-order valence-corrected chi connectivity index (χ4v) is 2.75. The van der Waals surface area contributed by atoms with Crippen LogP contribution in [0.5, 0.6) is 17.2 Å². The number of hydrogen-bond donors (Lipinski definition) is 1. The van der Waals surface area contributed by atoms with E-state index in [2.05, 4.69) is 10.5 Å². The molecule has 1 amide bonds. The molecule has 0 aromatic heterocycles. The molecule has 1 aliphatic heterocycles. The second-order valence-corrected chi connectivity index (χ2v) is 5.97. The largest absolute Gasteiger partial charge is 0.497 e. The third kappa shape index (κ3) is 4.31. The van der Waals surface area contributed by atoms with Crippen molar-refractivity contribution in [2.75, 3.05) is 21.3 Å². The van der Waals surface area contributed by atoms with Gasteiger partial charge in [-0.05, 0) is 35.9 Å². The Morgan fingerprint density at radius 1 is 1.07 bits per heavy atom. The van der Waals surface area contributed by atoms with Crippen molar-refractivity contribution in [3.8, 4) is 17.2 Å². The van der Waals surface area contributed by atoms with Gasteiger partial charge in [-0.25, -0.2) is 0 Å². The molecule has 7 nitrogen and oxygen atoms in total. The summed E-state index contributed by atoms with van der Waals surface area (Å²) in [6.45, 7) is 0.411. The molecule has 0 fully saturated rings. The highest BCUT2D eigenvalue weighted by Gasteiger charge is 2.29. The van der Waals surface area contributed by atoms with Gasteiger partial charge in [0.2, 0.25) is 6.10 Å². The lowest BCUT2D eigenvalue weighted by molar-refractivity contribution is -0.131. The molecule has 1 unspecified atom stereocenters. The highest BCUT2D eigenvalue weighted by molar-refractivity contribution is 6.04. The topological polar surface area (TPSA) is 78.4 Å². The summed E-state index contributed by atoms with van der Waals surface area (Å²) in [5.41, 5.74) is 2.50. The Balaban J connectivity index is 1.57. The van der Waals surface area contributed by atoms with E-state index in [9.17, 15) is 4.79 Å². The van der Waals surface area contributed by atoms with Crippen LogP contribution in [0.4, 0.5) is 0 Å². The van der Waals surface area contributed by atoms with Crippen LogP contribution >= 0.6 is 0 Å². The maximum absolute atomic E-state index is 12.4. The first kappa shape index (κ1) is 18.6. The Morgan fingerprint density at radius 2 is 1.81 bits per heavy atom. The average Bonchev–Trinajstić information content (AvgIpc) is 3.22. The summed E-state index contributed by atoms with van der Waals surface area (Å²) in [6, 6.07) is 13.0. The summed E-state index contributed by atoms with van der Waals surface area (Å²) in [5.74, 6) is 1.81. The first-order chi connectivity index (χ1) is 13.1. The number of ether oxygens (including phenoxy) is 3. The summed E-state index contributed by atoms with van der Waals surface area (Å²) in [4.78, 5) is 17.7. The maximum Gasteiger partial charge on any atom is 0.264 e. The zero-order valence-corrected chi connectivity index (χ0v) is 15.5. The average molecular weight is 370 g/mol. The lowest BCUT2D eigenvalue weighted by atomic mass is 10.0. The predicted molar refractivity (Wildman–Crippen MR) is 100 cm³/mol. The molecule has 3 rings (SSSR count). The number of amides is 1. The van der Waals surface area contributed by atoms with Crippen molar-refractivity contribution in [1.82, 2.24) is 5.32 Å². The lowest BCUT2D eigenvalue weighted by Crippen LogP contribution is -2.34. The maximum atomic E-state index is 12.4. The molecule has 0 aliphatic carbocycles. The SMILES string of the molecule is COc1ccc(CNC(=O)C2CC(c3ccc(OC)c(OC)c3)=NO2)cc1. The second kappa shape index (κ2) is 8.44. The molecule has 1 heterocycles. The number of benzene rings is 2. The predicted octanol–water partition coefficient (Wildman–Crippen LogP) is 2.52. The van der Waals surface area contributed by atoms with Crippen LogP contribution in [-0.2, 0) is 16.2 Å². The Kier molecular flexibility index (Phi) is 5.80. The molecule has 1 N–H and O–H groups in total. The molecule has 0 bridgehead atoms. The number of carbonyl (C=O) groups excluding carboxylic acids is 1. The minimum atomic E-state index is -0.647. The fraction of sp³-hybridized carbons (Fsp3) is 0.300. The summed E-state index contributed by atoms with van der Waals surface area (Å²) in [6.07, 6.45) is -0.254. The van der Waals surface area contributed by atoms with Gasteiger partial charge in [-0.3, -0.25) is 4.79 Å². The van der Waals surface area contributed by atoms with Crippen molar-refractivity contribution < 1.29 is 23.8 Å². The van der Waals surface area contributed by atoms with Gasteiger partial charge in [-0.2, -0.15) is 0 Å². The number of nitrogens with one attached hydrogen (secondary N) is 1. The summed E-state index contributed by atoms with van der Waals surface area (Å²) < 4.78 is 15.7. The molecule has 1 atom stereocenters. The van der Waals surface area contributed by atoms with Gasteiger partial charge in [-0.1, -0.05) is 17.3 Å². The van der Waals surface area contributed by atoms with Crippen LogP contribution in [0.1, 0.15) is 17.5 Å². The molecule has 1 aliphatic rings. The van der Waals surface area contributed by atoms with E-state index in [1.807, 2.05) is 36.4 Å². The zero-order chi connectivity index (χ0) is 19.2. The quantitative estimate of drug-likeness (QED) is 0.810. The van der Waals surface area contributed by atoms with E-state index in [0.717, 1.165) is 16.9 Å². The van der Waals surface area contributed by atoms with Crippen molar-refractivity contribution in [2.45, 2.75) is 19.1 Å². The number of hydrogen-bond acceptors (Lipinski definition) is 6. The van der Waals surface area contributed by atoms with Crippen LogP contribution in [0.2, 0.25) is 0 Å². The molecule has 142 valence electrons. The number of rotatable bonds is 7. The van der Waals surface area contributed by atoms with Crippen molar-refractivity contribution >= 4 is 11.6 Å². The van der Waals surface area contributed by atoms with Gasteiger partial charge in [-0.15, -0.1) is 0 Å². The highest BCUT2D eigenvalue weighted by Crippen LogP contribution is 2.29. The zero-order valence-electron chi connectivity index (χ0n) is 15.5. The number of nitrogens with zero attached hydrogens (tertiary/aromatic N) is 1. The normalized spacial score (nSPS) is 15.5. The minimum Gasteiger partial charge on any atom is -0.497 e. The van der Waals surface area contributed by atoms with Crippen LogP contribution in [0.15, 0.2) is 47.6 Å². The minimum absolute atomic E-state index is 0.204. The molecule has 0 saturated carbocycles. The van der Waals surface area contributed by atoms with E-state index >= 15 is 0 Å². The monoisotopic (exact) mass is 370 g/mol. The van der Waals surface area contributed by atoms with Gasteiger partial charge < -0.3 is 24.4 Å². The first-order valence-corrected chi connectivity index (χ1v) is 8.50. The van der Waals surface area contributed by atoms with E-state index in [1.165, 1.54) is 0 Å². The van der Waals surface area contributed by atoms with Crippen LogP contribution in [0.3, 0.4) is 0 Å². The molecule has 7 heteroatoms. The lowest BCUT2D eigenvalue weighted by Gasteiger charge is -2.10. The van der Waals surface area contributed by atoms with Gasteiger partial charge in [0.15, 0.2) is 11.5 Å². The fourth-order valence-electron chi connectivity index (χ4n) is 2.75. The summed E-state index contributed by atoms with van der Waals surface area (Å²) >= 11 is 0. The Morgan fingerprint density at radius 3 is 2.48 bits per heavy atom. The first-order valence-electron chi connectivity index (χ1n) is 8.50. The molecular formula is C20H22N2O5. The standard InChI is InChI=1S/C20H22N2O5/c1-24-15-7-4-13(5-8-15)12-21-20(23)19-11-16(22-27-19)14-6-9-17(25-2)18(10-14)26-3/h4-10,19H,11-12H2,1-3H3,(H,21,23). The third-order valence-electron chi connectivity index (χ3n) is 4.30. The van der Waals surface area contributed by atoms with Gasteiger partial charge >= 0.3 is 0 Å². The molecule has 0 radical (unpaired) electrons. The van der Waals surface area contributed by atoms with Crippen LogP contribution in [-0.4, -0.2) is 39.1 Å². The van der Waals surface area contributed by atoms with Crippen LogP contribution < -0.4 is 19.5 Å². The molecule has 0 saturated heterocycles. The van der Waals surface area contributed by atoms with E-state index in [0.29, 0.717) is 30.2 Å². The van der Waals surface area contributed by atoms with Crippen molar-refractivity contribution in [3.05, 3.63) is 53.6 Å². The molecule has 2 aromatic carbocycles. The van der Waals surface area contributed by atoms with E-state index in [-0.39, 0.29) is 5.91 Å². The van der Waals surface area contributed by atoms with Crippen LogP contribution in [0, 0.1) is 0 Å². The van der Waals surface area contributed by atoms with E-state index in [4.69, 9.17) is 19.0 Å². The Labute approximate surface area is 157 Å². The molecular weight excluding hydrogens is 348 g/mol. The van der Waals surface area contributed by atoms with Gasteiger partial charge in [0.25, 0.3) is 5.91 Å². The summed E-state index contributed by atoms with van der Waals surface area (Å²) in [5, 5.41) is 6.93. The smallest absolute Gasteiger partial charge is 0.264 e.